The number of allylic oxidation sites excluding steroid dienone is 1. The molecule has 32 heavy (non-hydrogen) atoms. The van der Waals surface area contributed by atoms with E-state index in [0.717, 1.165) is 6.42 Å². The highest BCUT2D eigenvalue weighted by molar-refractivity contribution is 7.89. The second kappa shape index (κ2) is 12.6. The van der Waals surface area contributed by atoms with Crippen molar-refractivity contribution in [3.8, 4) is 0 Å². The number of rotatable bonds is 14. The zero-order valence-corrected chi connectivity index (χ0v) is 18.7. The standard InChI is InChI=1S/C18H28F6O7S/c1-4-16(2,3)15(25)29-11-9-7-5-6-8-10-12-30-31-14(32(26,27)28)13(17(19,20)21)18(22,23)24/h4-12H2,1-3H3,(H,26,27,28)/p-1. The highest BCUT2D eigenvalue weighted by Gasteiger charge is 2.56. The van der Waals surface area contributed by atoms with E-state index in [1.54, 1.807) is 13.8 Å². The molecule has 0 aromatic heterocycles. The summed E-state index contributed by atoms with van der Waals surface area (Å²) in [5, 5.41) is -2.88. The molecule has 0 aliphatic heterocycles. The lowest BCUT2D eigenvalue weighted by Crippen LogP contribution is -2.31. The molecule has 0 saturated heterocycles. The first-order chi connectivity index (χ1) is 14.4. The Bertz CT molecular complexity index is 711. The van der Waals surface area contributed by atoms with Gasteiger partial charge in [0.25, 0.3) is 5.09 Å². The Hall–Kier alpha value is -1.54. The van der Waals surface area contributed by atoms with Crippen molar-refractivity contribution < 1.29 is 58.6 Å². The summed E-state index contributed by atoms with van der Waals surface area (Å²) >= 11 is 0. The average Bonchev–Trinajstić information content (AvgIpc) is 2.61. The molecular formula is C18H27F6O7S-. The third kappa shape index (κ3) is 11.4. The van der Waals surface area contributed by atoms with Crippen molar-refractivity contribution in [2.45, 2.75) is 78.1 Å². The van der Waals surface area contributed by atoms with Crippen LogP contribution in [0.25, 0.3) is 0 Å². The number of alkyl halides is 6. The lowest BCUT2D eigenvalue weighted by atomic mass is 9.91. The molecule has 0 aromatic carbocycles. The number of hydrogen-bond acceptors (Lipinski definition) is 7. The molecule has 0 radical (unpaired) electrons. The Labute approximate surface area is 182 Å². The van der Waals surface area contributed by atoms with Crippen LogP contribution in [0.1, 0.15) is 65.7 Å². The van der Waals surface area contributed by atoms with Gasteiger partial charge in [-0.25, -0.2) is 8.42 Å². The predicted molar refractivity (Wildman–Crippen MR) is 98.6 cm³/mol. The van der Waals surface area contributed by atoms with E-state index < -0.39 is 45.2 Å². The molecule has 0 aliphatic rings. The Morgan fingerprint density at radius 1 is 0.844 bits per heavy atom. The number of carbonyl (C=O) groups excluding carboxylic acids is 1. The first kappa shape index (κ1) is 30.5. The normalized spacial score (nSPS) is 13.1. The van der Waals surface area contributed by atoms with E-state index in [0.29, 0.717) is 32.1 Å². The highest BCUT2D eigenvalue weighted by Crippen LogP contribution is 2.42. The van der Waals surface area contributed by atoms with Gasteiger partial charge in [0.2, 0.25) is 0 Å². The number of esters is 1. The van der Waals surface area contributed by atoms with Gasteiger partial charge in [0.1, 0.15) is 0 Å². The summed E-state index contributed by atoms with van der Waals surface area (Å²) in [7, 11) is -6.25. The Kier molecular flexibility index (Phi) is 12.0. The maximum atomic E-state index is 12.6. The van der Waals surface area contributed by atoms with Crippen molar-refractivity contribution in [1.29, 1.82) is 0 Å². The van der Waals surface area contributed by atoms with E-state index in [1.807, 2.05) is 6.92 Å². The summed E-state index contributed by atoms with van der Waals surface area (Å²) in [6.45, 7) is 5.15. The van der Waals surface area contributed by atoms with Gasteiger partial charge in [-0.05, 0) is 33.1 Å². The van der Waals surface area contributed by atoms with Crippen molar-refractivity contribution in [2.75, 3.05) is 13.2 Å². The molecule has 0 aliphatic carbocycles. The summed E-state index contributed by atoms with van der Waals surface area (Å²) in [4.78, 5) is 19.5. The monoisotopic (exact) mass is 501 g/mol. The van der Waals surface area contributed by atoms with Gasteiger partial charge in [0, 0.05) is 0 Å². The van der Waals surface area contributed by atoms with E-state index in [-0.39, 0.29) is 19.0 Å². The topological polar surface area (TPSA) is 102 Å². The fraction of sp³-hybridized carbons (Fsp3) is 0.833. The largest absolute Gasteiger partial charge is 0.742 e. The van der Waals surface area contributed by atoms with E-state index in [1.165, 1.54) is 0 Å². The predicted octanol–water partition coefficient (Wildman–Crippen LogP) is 5.14. The van der Waals surface area contributed by atoms with Crippen LogP contribution in [0, 0.1) is 5.41 Å². The molecule has 0 rings (SSSR count). The van der Waals surface area contributed by atoms with Crippen molar-refractivity contribution in [3.63, 3.8) is 0 Å². The van der Waals surface area contributed by atoms with Crippen molar-refractivity contribution >= 4 is 16.1 Å². The molecule has 0 unspecified atom stereocenters. The molecule has 190 valence electrons. The summed E-state index contributed by atoms with van der Waals surface area (Å²) in [5.41, 5.74) is -4.15. The van der Waals surface area contributed by atoms with E-state index in [2.05, 4.69) is 9.78 Å². The van der Waals surface area contributed by atoms with Gasteiger partial charge in [-0.2, -0.15) is 31.2 Å². The fourth-order valence-electron chi connectivity index (χ4n) is 2.17. The first-order valence-corrected chi connectivity index (χ1v) is 11.2. The van der Waals surface area contributed by atoms with Crippen LogP contribution in [-0.4, -0.2) is 44.5 Å². The molecule has 0 bridgehead atoms. The zero-order chi connectivity index (χ0) is 25.2. The minimum absolute atomic E-state index is 0.124. The number of unbranched alkanes of at least 4 members (excludes halogenated alkanes) is 5. The molecule has 7 nitrogen and oxygen atoms in total. The number of halogens is 6. The third-order valence-corrected chi connectivity index (χ3v) is 5.15. The molecule has 0 saturated carbocycles. The van der Waals surface area contributed by atoms with E-state index in [9.17, 15) is 44.1 Å². The molecule has 0 N–H and O–H groups in total. The summed E-state index contributed by atoms with van der Waals surface area (Å²) < 4.78 is 113. The van der Waals surface area contributed by atoms with Gasteiger partial charge in [-0.3, -0.25) is 4.79 Å². The van der Waals surface area contributed by atoms with Crippen LogP contribution in [0.3, 0.4) is 0 Å². The molecule has 0 heterocycles. The Balaban J connectivity index is 4.34. The molecule has 0 atom stereocenters. The van der Waals surface area contributed by atoms with Gasteiger partial charge >= 0.3 is 18.3 Å². The third-order valence-electron chi connectivity index (χ3n) is 4.42. The van der Waals surface area contributed by atoms with Gasteiger partial charge in [0.05, 0.1) is 18.6 Å². The highest BCUT2D eigenvalue weighted by atomic mass is 32.2. The van der Waals surface area contributed by atoms with Crippen LogP contribution in [0.5, 0.6) is 0 Å². The fourth-order valence-corrected chi connectivity index (χ4v) is 2.78. The van der Waals surface area contributed by atoms with Gasteiger partial charge in [0.15, 0.2) is 15.7 Å². The number of carbonyl (C=O) groups is 1. The SMILES string of the molecule is CCC(C)(C)C(=O)OCCCCCCCCOOC(=C(C(F)(F)F)C(F)(F)F)S(=O)(=O)[O-]. The minimum Gasteiger partial charge on any atom is -0.742 e. The van der Waals surface area contributed by atoms with Crippen LogP contribution in [0.15, 0.2) is 10.7 Å². The summed E-state index contributed by atoms with van der Waals surface area (Å²) in [6.07, 6.45) is -8.51. The van der Waals surface area contributed by atoms with Crippen LogP contribution in [0.2, 0.25) is 0 Å². The smallest absolute Gasteiger partial charge is 0.425 e. The molecule has 14 heteroatoms. The van der Waals surface area contributed by atoms with Crippen molar-refractivity contribution in [3.05, 3.63) is 10.7 Å². The maximum absolute atomic E-state index is 12.6. The number of hydrogen-bond donors (Lipinski definition) is 0. The second-order valence-electron chi connectivity index (χ2n) is 7.51. The van der Waals surface area contributed by atoms with Crippen LogP contribution < -0.4 is 0 Å². The van der Waals surface area contributed by atoms with Crippen molar-refractivity contribution in [2.24, 2.45) is 5.41 Å². The van der Waals surface area contributed by atoms with Crippen LogP contribution >= 0.6 is 0 Å². The average molecular weight is 501 g/mol. The summed E-state index contributed by atoms with van der Waals surface area (Å²) in [6, 6.07) is 0. The second-order valence-corrected chi connectivity index (χ2v) is 8.79. The molecule has 0 aromatic rings. The molecule has 0 spiro atoms. The van der Waals surface area contributed by atoms with E-state index in [4.69, 9.17) is 4.74 Å². The molecule has 0 fully saturated rings. The zero-order valence-electron chi connectivity index (χ0n) is 17.9. The minimum atomic E-state index is -6.25. The molecule has 0 amide bonds. The van der Waals surface area contributed by atoms with E-state index >= 15 is 0 Å². The van der Waals surface area contributed by atoms with Crippen LogP contribution in [0.4, 0.5) is 26.3 Å². The lowest BCUT2D eigenvalue weighted by molar-refractivity contribution is -0.263. The van der Waals surface area contributed by atoms with Gasteiger partial charge in [-0.1, -0.05) is 32.6 Å². The molecular weight excluding hydrogens is 474 g/mol. The van der Waals surface area contributed by atoms with Crippen LogP contribution in [-0.2, 0) is 29.4 Å². The maximum Gasteiger partial charge on any atom is 0.425 e. The summed E-state index contributed by atoms with van der Waals surface area (Å²) in [5.74, 6) is -0.287. The van der Waals surface area contributed by atoms with Gasteiger partial charge < -0.3 is 14.2 Å². The Morgan fingerprint density at radius 2 is 1.28 bits per heavy atom. The quantitative estimate of drug-likeness (QED) is 0.0618. The van der Waals surface area contributed by atoms with Gasteiger partial charge in [-0.15, -0.1) is 0 Å². The van der Waals surface area contributed by atoms with Crippen molar-refractivity contribution in [1.82, 2.24) is 0 Å². The Morgan fingerprint density at radius 3 is 1.69 bits per heavy atom. The number of ether oxygens (including phenoxy) is 1. The first-order valence-electron chi connectivity index (χ1n) is 9.76. The lowest BCUT2D eigenvalue weighted by Gasteiger charge is -2.20.